The molecule has 2 heterocycles. The molecule has 0 aromatic carbocycles. The molecule has 0 aliphatic heterocycles. The van der Waals surface area contributed by atoms with E-state index in [1.54, 1.807) is 6.20 Å². The molecule has 0 saturated heterocycles. The van der Waals surface area contributed by atoms with Gasteiger partial charge in [-0.15, -0.1) is 0 Å². The third kappa shape index (κ3) is 3.81. The summed E-state index contributed by atoms with van der Waals surface area (Å²) >= 11 is 0.375. The van der Waals surface area contributed by atoms with Gasteiger partial charge in [-0.05, 0) is 12.8 Å². The second-order valence-corrected chi connectivity index (χ2v) is 6.28. The molecule has 2 aromatic heterocycles. The summed E-state index contributed by atoms with van der Waals surface area (Å²) in [5.41, 5.74) is 0.488. The number of carbonyl (C=O) groups is 1. The molecule has 1 aliphatic carbocycles. The molecule has 3 rings (SSSR count). The number of aromatic nitrogens is 3. The van der Waals surface area contributed by atoms with E-state index < -0.39 is 17.1 Å². The van der Waals surface area contributed by atoms with E-state index in [0.717, 1.165) is 12.8 Å². The first kappa shape index (κ1) is 15.8. The van der Waals surface area contributed by atoms with E-state index in [9.17, 15) is 18.0 Å². The molecule has 23 heavy (non-hydrogen) atoms. The van der Waals surface area contributed by atoms with Crippen molar-refractivity contribution in [1.82, 2.24) is 14.8 Å². The van der Waals surface area contributed by atoms with E-state index >= 15 is 0 Å². The lowest BCUT2D eigenvalue weighted by Crippen LogP contribution is -2.19. The zero-order valence-corrected chi connectivity index (χ0v) is 12.7. The number of amides is 2. The molecule has 2 aromatic rings. The summed E-state index contributed by atoms with van der Waals surface area (Å²) in [4.78, 5) is 14.5. The molecule has 1 saturated carbocycles. The van der Waals surface area contributed by atoms with Crippen LogP contribution >= 0.6 is 11.3 Å². The van der Waals surface area contributed by atoms with Crippen LogP contribution in [0.2, 0.25) is 0 Å². The molecule has 0 radical (unpaired) electrons. The summed E-state index contributed by atoms with van der Waals surface area (Å²) in [5, 5.41) is 8.91. The quantitative estimate of drug-likeness (QED) is 0.879. The fraction of sp³-hybridized carbons (Fsp3) is 0.462. The molecule has 0 bridgehead atoms. The van der Waals surface area contributed by atoms with E-state index in [4.69, 9.17) is 0 Å². The molecule has 0 unspecified atom stereocenters. The minimum Gasteiger partial charge on any atom is -0.305 e. The Bertz CT molecular complexity index is 690. The molecular weight excluding hydrogens is 331 g/mol. The van der Waals surface area contributed by atoms with Crippen LogP contribution in [-0.4, -0.2) is 20.8 Å². The largest absolute Gasteiger partial charge is 0.427 e. The summed E-state index contributed by atoms with van der Waals surface area (Å²) in [7, 11) is 0. The summed E-state index contributed by atoms with van der Waals surface area (Å²) in [6.07, 6.45) is 3.92. The zero-order valence-electron chi connectivity index (χ0n) is 11.9. The third-order valence-corrected chi connectivity index (χ3v) is 4.52. The van der Waals surface area contributed by atoms with E-state index in [2.05, 4.69) is 20.7 Å². The van der Waals surface area contributed by atoms with Crippen molar-refractivity contribution in [3.8, 4) is 0 Å². The molecule has 1 fully saturated rings. The number of urea groups is 1. The molecular formula is C13H14F3N5OS. The number of halogens is 3. The second-order valence-electron chi connectivity index (χ2n) is 5.25. The highest BCUT2D eigenvalue weighted by Gasteiger charge is 2.33. The van der Waals surface area contributed by atoms with Crippen molar-refractivity contribution >= 4 is 28.2 Å². The zero-order chi connectivity index (χ0) is 16.4. The van der Waals surface area contributed by atoms with E-state index in [0.29, 0.717) is 29.3 Å². The van der Waals surface area contributed by atoms with Gasteiger partial charge in [0.15, 0.2) is 5.13 Å². The van der Waals surface area contributed by atoms with Crippen LogP contribution in [0.5, 0.6) is 0 Å². The van der Waals surface area contributed by atoms with Crippen molar-refractivity contribution in [1.29, 1.82) is 0 Å². The molecule has 6 nitrogen and oxygen atoms in total. The van der Waals surface area contributed by atoms with Gasteiger partial charge in [0.1, 0.15) is 4.88 Å². The number of rotatable bonds is 3. The van der Waals surface area contributed by atoms with Gasteiger partial charge in [-0.25, -0.2) is 9.78 Å². The van der Waals surface area contributed by atoms with Crippen molar-refractivity contribution in [2.75, 3.05) is 10.6 Å². The van der Waals surface area contributed by atoms with Gasteiger partial charge in [-0.3, -0.25) is 10.00 Å². The Kier molecular flexibility index (Phi) is 4.24. The number of thiazole rings is 1. The lowest BCUT2D eigenvalue weighted by molar-refractivity contribution is -0.134. The average molecular weight is 345 g/mol. The minimum absolute atomic E-state index is 0.113. The number of hydrogen-bond acceptors (Lipinski definition) is 4. The van der Waals surface area contributed by atoms with Gasteiger partial charge < -0.3 is 5.32 Å². The highest BCUT2D eigenvalue weighted by atomic mass is 32.1. The van der Waals surface area contributed by atoms with Gasteiger partial charge in [-0.2, -0.15) is 18.3 Å². The van der Waals surface area contributed by atoms with Crippen LogP contribution in [0.4, 0.5) is 28.8 Å². The lowest BCUT2D eigenvalue weighted by Gasteiger charge is -2.08. The monoisotopic (exact) mass is 345 g/mol. The molecule has 10 heteroatoms. The van der Waals surface area contributed by atoms with Crippen molar-refractivity contribution < 1.29 is 18.0 Å². The van der Waals surface area contributed by atoms with Crippen LogP contribution in [0.1, 0.15) is 36.6 Å². The summed E-state index contributed by atoms with van der Waals surface area (Å²) in [6, 6.07) is -0.305. The summed E-state index contributed by atoms with van der Waals surface area (Å²) in [6.45, 7) is 0. The average Bonchev–Trinajstić information content (AvgIpc) is 3.17. The Balaban J connectivity index is 1.58. The highest BCUT2D eigenvalue weighted by molar-refractivity contribution is 7.15. The SMILES string of the molecule is O=C(Nc1cnn(C2CCCC2)c1)Nc1ncc(C(F)(F)F)s1. The number of nitrogens with zero attached hydrogens (tertiary/aromatic N) is 3. The van der Waals surface area contributed by atoms with Gasteiger partial charge in [0, 0.05) is 6.20 Å². The topological polar surface area (TPSA) is 71.8 Å². The standard InChI is InChI=1S/C13H14F3N5OS/c14-13(15,16)10-6-17-12(23-10)20-11(22)19-8-5-18-21(7-8)9-3-1-2-4-9/h5-7,9H,1-4H2,(H2,17,19,20,22). The number of carbonyl (C=O) groups excluding carboxylic acids is 1. The maximum Gasteiger partial charge on any atom is 0.427 e. The Hall–Kier alpha value is -2.10. The molecule has 0 spiro atoms. The lowest BCUT2D eigenvalue weighted by atomic mass is 10.3. The fourth-order valence-corrected chi connectivity index (χ4v) is 3.17. The van der Waals surface area contributed by atoms with Crippen LogP contribution in [-0.2, 0) is 6.18 Å². The van der Waals surface area contributed by atoms with Crippen LogP contribution < -0.4 is 10.6 Å². The maximum absolute atomic E-state index is 12.5. The van der Waals surface area contributed by atoms with Gasteiger partial charge in [-0.1, -0.05) is 24.2 Å². The van der Waals surface area contributed by atoms with Crippen LogP contribution in [0, 0.1) is 0 Å². The van der Waals surface area contributed by atoms with Crippen molar-refractivity contribution in [3.63, 3.8) is 0 Å². The van der Waals surface area contributed by atoms with Crippen LogP contribution in [0.3, 0.4) is 0 Å². The van der Waals surface area contributed by atoms with E-state index in [-0.39, 0.29) is 5.13 Å². The van der Waals surface area contributed by atoms with Gasteiger partial charge in [0.2, 0.25) is 0 Å². The van der Waals surface area contributed by atoms with Crippen molar-refractivity contribution in [3.05, 3.63) is 23.5 Å². The second kappa shape index (κ2) is 6.19. The minimum atomic E-state index is -4.46. The van der Waals surface area contributed by atoms with Crippen molar-refractivity contribution in [2.24, 2.45) is 0 Å². The van der Waals surface area contributed by atoms with Gasteiger partial charge in [0.25, 0.3) is 0 Å². The maximum atomic E-state index is 12.5. The summed E-state index contributed by atoms with van der Waals surface area (Å²) < 4.78 is 39.2. The van der Waals surface area contributed by atoms with Crippen LogP contribution in [0.15, 0.2) is 18.6 Å². The van der Waals surface area contributed by atoms with Gasteiger partial charge >= 0.3 is 12.2 Å². The first-order valence-corrected chi connectivity index (χ1v) is 7.88. The number of nitrogens with one attached hydrogen (secondary N) is 2. The summed E-state index contributed by atoms with van der Waals surface area (Å²) in [5.74, 6) is 0. The van der Waals surface area contributed by atoms with E-state index in [1.807, 2.05) is 4.68 Å². The molecule has 2 amide bonds. The normalized spacial score (nSPS) is 15.8. The Labute approximate surface area is 133 Å². The predicted molar refractivity (Wildman–Crippen MR) is 79.5 cm³/mol. The first-order chi connectivity index (χ1) is 10.9. The number of anilines is 2. The Morgan fingerprint density at radius 3 is 2.65 bits per heavy atom. The molecule has 2 N–H and O–H groups in total. The number of alkyl halides is 3. The smallest absolute Gasteiger partial charge is 0.305 e. The fourth-order valence-electron chi connectivity index (χ4n) is 2.49. The van der Waals surface area contributed by atoms with Gasteiger partial charge in [0.05, 0.1) is 24.1 Å². The molecule has 124 valence electrons. The highest BCUT2D eigenvalue weighted by Crippen LogP contribution is 2.35. The molecule has 0 atom stereocenters. The predicted octanol–water partition coefficient (Wildman–Crippen LogP) is 4.12. The molecule has 1 aliphatic rings. The van der Waals surface area contributed by atoms with Crippen molar-refractivity contribution in [2.45, 2.75) is 37.9 Å². The van der Waals surface area contributed by atoms with Crippen LogP contribution in [0.25, 0.3) is 0 Å². The first-order valence-electron chi connectivity index (χ1n) is 7.07. The number of hydrogen-bond donors (Lipinski definition) is 2. The Morgan fingerprint density at radius 2 is 2.00 bits per heavy atom. The Morgan fingerprint density at radius 1 is 1.26 bits per heavy atom. The van der Waals surface area contributed by atoms with E-state index in [1.165, 1.54) is 19.0 Å². The third-order valence-electron chi connectivity index (χ3n) is 3.56.